The van der Waals surface area contributed by atoms with Crippen molar-refractivity contribution >= 4 is 24.0 Å². The van der Waals surface area contributed by atoms with Gasteiger partial charge in [-0.2, -0.15) is 12.6 Å². The molecule has 17 heavy (non-hydrogen) atoms. The molecule has 2 nitrogen and oxygen atoms in total. The number of hydrogen-bond donors (Lipinski definition) is 1. The number of aromatic nitrogens is 1. The maximum atomic E-state index is 5.66. The van der Waals surface area contributed by atoms with Crippen LogP contribution in [0.25, 0.3) is 0 Å². The van der Waals surface area contributed by atoms with Gasteiger partial charge in [-0.25, -0.2) is 4.98 Å². The molecule has 1 heterocycles. The number of thiol groups is 1. The standard InChI is InChI=1S/C13H15NOS2/c1-10-2-4-12(5-3-10)15-7-6-13-14-11(8-16)9-17-13/h2-5,9,16H,6-8H2,1H3. The van der Waals surface area contributed by atoms with Gasteiger partial charge >= 0.3 is 0 Å². The van der Waals surface area contributed by atoms with Gasteiger partial charge in [0.1, 0.15) is 5.75 Å². The van der Waals surface area contributed by atoms with Crippen LogP contribution in [0, 0.1) is 6.92 Å². The largest absolute Gasteiger partial charge is 0.493 e. The first-order valence-electron chi connectivity index (χ1n) is 5.51. The van der Waals surface area contributed by atoms with Crippen molar-refractivity contribution in [1.29, 1.82) is 0 Å². The van der Waals surface area contributed by atoms with Crippen LogP contribution < -0.4 is 4.74 Å². The minimum atomic E-state index is 0.669. The summed E-state index contributed by atoms with van der Waals surface area (Å²) in [5, 5.41) is 3.16. The Morgan fingerprint density at radius 3 is 2.71 bits per heavy atom. The molecule has 0 unspecified atom stereocenters. The van der Waals surface area contributed by atoms with Crippen LogP contribution in [0.1, 0.15) is 16.3 Å². The average molecular weight is 265 g/mol. The quantitative estimate of drug-likeness (QED) is 0.836. The van der Waals surface area contributed by atoms with Crippen molar-refractivity contribution in [2.45, 2.75) is 19.1 Å². The first-order chi connectivity index (χ1) is 8.28. The van der Waals surface area contributed by atoms with Gasteiger partial charge < -0.3 is 4.74 Å². The summed E-state index contributed by atoms with van der Waals surface area (Å²) < 4.78 is 5.66. The van der Waals surface area contributed by atoms with Crippen LogP contribution in [-0.2, 0) is 12.2 Å². The van der Waals surface area contributed by atoms with E-state index in [1.54, 1.807) is 11.3 Å². The van der Waals surface area contributed by atoms with E-state index in [1.165, 1.54) is 5.56 Å². The summed E-state index contributed by atoms with van der Waals surface area (Å²) in [5.74, 6) is 1.62. The Kier molecular flexibility index (Phi) is 4.45. The van der Waals surface area contributed by atoms with Crippen LogP contribution in [-0.4, -0.2) is 11.6 Å². The van der Waals surface area contributed by atoms with Crippen LogP contribution >= 0.6 is 24.0 Å². The molecule has 0 saturated heterocycles. The lowest BCUT2D eigenvalue weighted by atomic mass is 10.2. The van der Waals surface area contributed by atoms with E-state index in [0.717, 1.165) is 22.9 Å². The van der Waals surface area contributed by atoms with Crippen LogP contribution in [0.2, 0.25) is 0 Å². The Morgan fingerprint density at radius 2 is 2.06 bits per heavy atom. The van der Waals surface area contributed by atoms with Gasteiger partial charge in [0.05, 0.1) is 17.3 Å². The number of benzene rings is 1. The fraction of sp³-hybridized carbons (Fsp3) is 0.308. The molecule has 0 bridgehead atoms. The molecule has 0 saturated carbocycles. The second-order valence-electron chi connectivity index (χ2n) is 3.80. The predicted molar refractivity (Wildman–Crippen MR) is 75.2 cm³/mol. The average Bonchev–Trinajstić information content (AvgIpc) is 2.80. The van der Waals surface area contributed by atoms with Crippen molar-refractivity contribution in [3.05, 3.63) is 45.9 Å². The fourth-order valence-corrected chi connectivity index (χ4v) is 2.49. The number of rotatable bonds is 5. The Balaban J connectivity index is 1.81. The second kappa shape index (κ2) is 6.07. The van der Waals surface area contributed by atoms with Gasteiger partial charge in [0, 0.05) is 17.6 Å². The zero-order valence-corrected chi connectivity index (χ0v) is 11.4. The summed E-state index contributed by atoms with van der Waals surface area (Å²) in [6, 6.07) is 8.10. The molecule has 0 N–H and O–H groups in total. The molecule has 0 atom stereocenters. The zero-order chi connectivity index (χ0) is 12.1. The van der Waals surface area contributed by atoms with Crippen molar-refractivity contribution in [2.75, 3.05) is 6.61 Å². The number of nitrogens with zero attached hydrogens (tertiary/aromatic N) is 1. The highest BCUT2D eigenvalue weighted by Crippen LogP contribution is 2.14. The first kappa shape index (κ1) is 12.5. The van der Waals surface area contributed by atoms with E-state index in [-0.39, 0.29) is 0 Å². The van der Waals surface area contributed by atoms with E-state index >= 15 is 0 Å². The van der Waals surface area contributed by atoms with Crippen molar-refractivity contribution in [3.63, 3.8) is 0 Å². The van der Waals surface area contributed by atoms with Crippen molar-refractivity contribution in [1.82, 2.24) is 4.98 Å². The molecular weight excluding hydrogens is 250 g/mol. The number of ether oxygens (including phenoxy) is 1. The smallest absolute Gasteiger partial charge is 0.119 e. The van der Waals surface area contributed by atoms with Gasteiger partial charge in [-0.05, 0) is 19.1 Å². The SMILES string of the molecule is Cc1ccc(OCCc2nc(CS)cs2)cc1. The molecule has 1 aromatic carbocycles. The topological polar surface area (TPSA) is 22.1 Å². The van der Waals surface area contributed by atoms with Gasteiger partial charge in [-0.1, -0.05) is 17.7 Å². The molecular formula is C13H15NOS2. The first-order valence-corrected chi connectivity index (χ1v) is 7.03. The number of hydrogen-bond acceptors (Lipinski definition) is 4. The van der Waals surface area contributed by atoms with Crippen molar-refractivity contribution in [2.24, 2.45) is 0 Å². The minimum Gasteiger partial charge on any atom is -0.493 e. The third-order valence-electron chi connectivity index (χ3n) is 2.37. The third kappa shape index (κ3) is 3.75. The van der Waals surface area contributed by atoms with Gasteiger partial charge in [0.25, 0.3) is 0 Å². The van der Waals surface area contributed by atoms with Gasteiger partial charge in [0.2, 0.25) is 0 Å². The third-order valence-corrected chi connectivity index (χ3v) is 3.65. The maximum Gasteiger partial charge on any atom is 0.119 e. The summed E-state index contributed by atoms with van der Waals surface area (Å²) in [4.78, 5) is 4.44. The van der Waals surface area contributed by atoms with Crippen molar-refractivity contribution in [3.8, 4) is 5.75 Å². The molecule has 0 spiro atoms. The monoisotopic (exact) mass is 265 g/mol. The molecule has 0 amide bonds. The Bertz CT molecular complexity index is 465. The molecule has 0 fully saturated rings. The molecule has 0 aliphatic rings. The Hall–Kier alpha value is -1.00. The summed E-state index contributed by atoms with van der Waals surface area (Å²) in [5.41, 5.74) is 2.29. The molecule has 0 aliphatic carbocycles. The number of thiazole rings is 1. The summed E-state index contributed by atoms with van der Waals surface area (Å²) in [6.45, 7) is 2.74. The highest BCUT2D eigenvalue weighted by molar-refractivity contribution is 7.79. The van der Waals surface area contributed by atoms with Gasteiger partial charge in [0.15, 0.2) is 0 Å². The second-order valence-corrected chi connectivity index (χ2v) is 5.06. The van der Waals surface area contributed by atoms with E-state index in [1.807, 2.05) is 17.5 Å². The molecule has 0 aliphatic heterocycles. The lowest BCUT2D eigenvalue weighted by molar-refractivity contribution is 0.321. The van der Waals surface area contributed by atoms with Crippen LogP contribution in [0.4, 0.5) is 0 Å². The molecule has 2 aromatic rings. The van der Waals surface area contributed by atoms with E-state index in [9.17, 15) is 0 Å². The molecule has 4 heteroatoms. The molecule has 2 rings (SSSR count). The highest BCUT2D eigenvalue weighted by Gasteiger charge is 2.01. The lowest BCUT2D eigenvalue weighted by Gasteiger charge is -2.04. The summed E-state index contributed by atoms with van der Waals surface area (Å²) in [7, 11) is 0. The highest BCUT2D eigenvalue weighted by atomic mass is 32.1. The summed E-state index contributed by atoms with van der Waals surface area (Å²) in [6.07, 6.45) is 0.853. The van der Waals surface area contributed by atoms with E-state index < -0.39 is 0 Å². The van der Waals surface area contributed by atoms with Crippen molar-refractivity contribution < 1.29 is 4.74 Å². The number of aryl methyl sites for hydroxylation is 1. The van der Waals surface area contributed by atoms with E-state index in [0.29, 0.717) is 12.4 Å². The summed E-state index contributed by atoms with van der Waals surface area (Å²) >= 11 is 5.87. The lowest BCUT2D eigenvalue weighted by Crippen LogP contribution is -2.01. The Morgan fingerprint density at radius 1 is 1.29 bits per heavy atom. The van der Waals surface area contributed by atoms with Crippen LogP contribution in [0.3, 0.4) is 0 Å². The van der Waals surface area contributed by atoms with Gasteiger partial charge in [-0.3, -0.25) is 0 Å². The predicted octanol–water partition coefficient (Wildman–Crippen LogP) is 3.50. The minimum absolute atomic E-state index is 0.669. The van der Waals surface area contributed by atoms with Crippen LogP contribution in [0.15, 0.2) is 29.6 Å². The normalized spacial score (nSPS) is 10.5. The molecule has 1 aromatic heterocycles. The van der Waals surface area contributed by atoms with E-state index in [2.05, 4.69) is 36.7 Å². The maximum absolute atomic E-state index is 5.66. The van der Waals surface area contributed by atoms with E-state index in [4.69, 9.17) is 4.74 Å². The fourth-order valence-electron chi connectivity index (χ4n) is 1.43. The van der Waals surface area contributed by atoms with Gasteiger partial charge in [-0.15, -0.1) is 11.3 Å². The molecule has 0 radical (unpaired) electrons. The van der Waals surface area contributed by atoms with Crippen LogP contribution in [0.5, 0.6) is 5.75 Å². The zero-order valence-electron chi connectivity index (χ0n) is 9.72. The molecule has 90 valence electrons. The Labute approximate surface area is 111 Å².